The molecular formula is C15H27N3O3. The van der Waals surface area contributed by atoms with Crippen LogP contribution in [0.1, 0.15) is 39.0 Å². The Bertz CT molecular complexity index is 367. The molecule has 2 amide bonds. The number of ether oxygens (including phenoxy) is 1. The van der Waals surface area contributed by atoms with E-state index in [1.165, 1.54) is 0 Å². The number of hydrogen-bond donors (Lipinski definition) is 2. The summed E-state index contributed by atoms with van der Waals surface area (Å²) < 4.78 is 5.36. The molecule has 21 heavy (non-hydrogen) atoms. The Labute approximate surface area is 126 Å². The lowest BCUT2D eigenvalue weighted by atomic mass is 9.84. The molecule has 1 heterocycles. The quantitative estimate of drug-likeness (QED) is 0.779. The summed E-state index contributed by atoms with van der Waals surface area (Å²) in [5.74, 6) is 0.376. The number of morpholine rings is 1. The predicted molar refractivity (Wildman–Crippen MR) is 79.6 cm³/mol. The van der Waals surface area contributed by atoms with Crippen molar-refractivity contribution in [3.63, 3.8) is 0 Å². The van der Waals surface area contributed by atoms with Gasteiger partial charge in [-0.15, -0.1) is 0 Å². The van der Waals surface area contributed by atoms with Crippen LogP contribution in [-0.2, 0) is 14.3 Å². The first kappa shape index (κ1) is 16.2. The van der Waals surface area contributed by atoms with Gasteiger partial charge in [0.25, 0.3) is 0 Å². The van der Waals surface area contributed by atoms with Crippen LogP contribution in [0.5, 0.6) is 0 Å². The molecule has 3 N–H and O–H groups in total. The van der Waals surface area contributed by atoms with Gasteiger partial charge >= 0.3 is 0 Å². The third kappa shape index (κ3) is 4.41. The predicted octanol–water partition coefficient (Wildman–Crippen LogP) is 0.258. The number of hydrogen-bond acceptors (Lipinski definition) is 4. The molecule has 2 rings (SSSR count). The third-order valence-corrected chi connectivity index (χ3v) is 4.46. The molecular weight excluding hydrogens is 270 g/mol. The van der Waals surface area contributed by atoms with Crippen LogP contribution in [-0.4, -0.2) is 55.1 Å². The average Bonchev–Trinajstić information content (AvgIpc) is 2.50. The zero-order chi connectivity index (χ0) is 15.2. The molecule has 1 atom stereocenters. The fraction of sp³-hybridized carbons (Fsp3) is 0.867. The van der Waals surface area contributed by atoms with E-state index >= 15 is 0 Å². The standard InChI is InChI=1S/C15H27N3O3/c1-2-17-15(20)13-10-21-8-7-18(13)14(19)9-11-3-5-12(16)6-4-11/h11-13H,2-10,16H2,1H3,(H,17,20). The van der Waals surface area contributed by atoms with Crippen LogP contribution in [0.15, 0.2) is 0 Å². The van der Waals surface area contributed by atoms with Gasteiger partial charge in [0.2, 0.25) is 11.8 Å². The topological polar surface area (TPSA) is 84.7 Å². The van der Waals surface area contributed by atoms with Crippen LogP contribution in [0.4, 0.5) is 0 Å². The highest BCUT2D eigenvalue weighted by molar-refractivity contribution is 5.88. The van der Waals surface area contributed by atoms with Crippen molar-refractivity contribution in [3.8, 4) is 0 Å². The molecule has 6 nitrogen and oxygen atoms in total. The lowest BCUT2D eigenvalue weighted by Crippen LogP contribution is -2.56. The highest BCUT2D eigenvalue weighted by atomic mass is 16.5. The summed E-state index contributed by atoms with van der Waals surface area (Å²) in [6.45, 7) is 3.76. The molecule has 2 aliphatic rings. The molecule has 6 heteroatoms. The van der Waals surface area contributed by atoms with E-state index in [0.29, 0.717) is 44.7 Å². The zero-order valence-electron chi connectivity index (χ0n) is 12.8. The molecule has 0 aromatic heterocycles. The Hall–Kier alpha value is -1.14. The highest BCUT2D eigenvalue weighted by Crippen LogP contribution is 2.27. The van der Waals surface area contributed by atoms with Crippen molar-refractivity contribution in [1.82, 2.24) is 10.2 Å². The largest absolute Gasteiger partial charge is 0.377 e. The van der Waals surface area contributed by atoms with Gasteiger partial charge in [-0.05, 0) is 38.5 Å². The summed E-state index contributed by atoms with van der Waals surface area (Å²) in [5, 5.41) is 2.78. The molecule has 1 aliphatic heterocycles. The number of nitrogens with one attached hydrogen (secondary N) is 1. The molecule has 1 saturated heterocycles. The molecule has 1 aliphatic carbocycles. The molecule has 0 aromatic rings. The summed E-state index contributed by atoms with van der Waals surface area (Å²) in [6, 6.07) is -0.181. The second kappa shape index (κ2) is 7.75. The summed E-state index contributed by atoms with van der Waals surface area (Å²) in [5.41, 5.74) is 5.90. The van der Waals surface area contributed by atoms with E-state index in [-0.39, 0.29) is 11.8 Å². The Kier molecular flexibility index (Phi) is 5.99. The Morgan fingerprint density at radius 2 is 2.00 bits per heavy atom. The van der Waals surface area contributed by atoms with E-state index in [0.717, 1.165) is 25.7 Å². The first-order valence-electron chi connectivity index (χ1n) is 8.02. The second-order valence-electron chi connectivity index (χ2n) is 6.06. The zero-order valence-corrected chi connectivity index (χ0v) is 12.8. The lowest BCUT2D eigenvalue weighted by molar-refractivity contribution is -0.149. The van der Waals surface area contributed by atoms with Crippen molar-refractivity contribution >= 4 is 11.8 Å². The maximum atomic E-state index is 12.5. The number of rotatable bonds is 4. The minimum atomic E-state index is -0.475. The minimum absolute atomic E-state index is 0.0787. The summed E-state index contributed by atoms with van der Waals surface area (Å²) in [7, 11) is 0. The molecule has 0 radical (unpaired) electrons. The van der Waals surface area contributed by atoms with Crippen LogP contribution < -0.4 is 11.1 Å². The van der Waals surface area contributed by atoms with Crippen molar-refractivity contribution in [2.75, 3.05) is 26.3 Å². The smallest absolute Gasteiger partial charge is 0.245 e. The molecule has 0 bridgehead atoms. The number of nitrogens with zero attached hydrogens (tertiary/aromatic N) is 1. The number of carbonyl (C=O) groups is 2. The Balaban J connectivity index is 1.90. The number of likely N-dealkylation sites (N-methyl/N-ethyl adjacent to an activating group) is 1. The van der Waals surface area contributed by atoms with Crippen LogP contribution >= 0.6 is 0 Å². The lowest BCUT2D eigenvalue weighted by Gasteiger charge is -2.36. The van der Waals surface area contributed by atoms with E-state index in [4.69, 9.17) is 10.5 Å². The SMILES string of the molecule is CCNC(=O)C1COCCN1C(=O)CC1CCC(N)CC1. The van der Waals surface area contributed by atoms with Gasteiger partial charge in [0.1, 0.15) is 6.04 Å². The maximum absolute atomic E-state index is 12.5. The first-order chi connectivity index (χ1) is 10.1. The van der Waals surface area contributed by atoms with Gasteiger partial charge in [0.15, 0.2) is 0 Å². The van der Waals surface area contributed by atoms with E-state index in [1.807, 2.05) is 6.92 Å². The first-order valence-corrected chi connectivity index (χ1v) is 8.02. The Morgan fingerprint density at radius 1 is 1.29 bits per heavy atom. The maximum Gasteiger partial charge on any atom is 0.245 e. The van der Waals surface area contributed by atoms with Crippen LogP contribution in [0.2, 0.25) is 0 Å². The van der Waals surface area contributed by atoms with Crippen LogP contribution in [0, 0.1) is 5.92 Å². The van der Waals surface area contributed by atoms with Crippen LogP contribution in [0.25, 0.3) is 0 Å². The van der Waals surface area contributed by atoms with E-state index in [2.05, 4.69) is 5.32 Å². The number of nitrogens with two attached hydrogens (primary N) is 1. The molecule has 0 aromatic carbocycles. The molecule has 1 saturated carbocycles. The molecule has 2 fully saturated rings. The summed E-state index contributed by atoms with van der Waals surface area (Å²) in [6.07, 6.45) is 4.57. The van der Waals surface area contributed by atoms with E-state index in [1.54, 1.807) is 4.90 Å². The van der Waals surface area contributed by atoms with Gasteiger partial charge in [-0.25, -0.2) is 0 Å². The summed E-state index contributed by atoms with van der Waals surface area (Å²) >= 11 is 0. The second-order valence-corrected chi connectivity index (χ2v) is 6.06. The third-order valence-electron chi connectivity index (χ3n) is 4.46. The van der Waals surface area contributed by atoms with Crippen molar-refractivity contribution in [2.45, 2.75) is 51.1 Å². The van der Waals surface area contributed by atoms with Gasteiger partial charge in [-0.1, -0.05) is 0 Å². The summed E-state index contributed by atoms with van der Waals surface area (Å²) in [4.78, 5) is 26.3. The normalized spacial score (nSPS) is 30.0. The number of amides is 2. The molecule has 120 valence electrons. The van der Waals surface area contributed by atoms with Gasteiger partial charge in [0.05, 0.1) is 13.2 Å². The fourth-order valence-corrected chi connectivity index (χ4v) is 3.17. The molecule has 0 spiro atoms. The Morgan fingerprint density at radius 3 is 2.67 bits per heavy atom. The minimum Gasteiger partial charge on any atom is -0.377 e. The highest BCUT2D eigenvalue weighted by Gasteiger charge is 2.33. The monoisotopic (exact) mass is 297 g/mol. The average molecular weight is 297 g/mol. The van der Waals surface area contributed by atoms with E-state index < -0.39 is 6.04 Å². The number of carbonyl (C=O) groups excluding carboxylic acids is 2. The van der Waals surface area contributed by atoms with Gasteiger partial charge in [-0.2, -0.15) is 0 Å². The van der Waals surface area contributed by atoms with E-state index in [9.17, 15) is 9.59 Å². The van der Waals surface area contributed by atoms with Crippen molar-refractivity contribution in [3.05, 3.63) is 0 Å². The fourth-order valence-electron chi connectivity index (χ4n) is 3.17. The van der Waals surface area contributed by atoms with Crippen molar-refractivity contribution < 1.29 is 14.3 Å². The van der Waals surface area contributed by atoms with Crippen LogP contribution in [0.3, 0.4) is 0 Å². The van der Waals surface area contributed by atoms with Gasteiger partial charge in [-0.3, -0.25) is 9.59 Å². The van der Waals surface area contributed by atoms with Gasteiger partial charge in [0, 0.05) is 25.6 Å². The molecule has 1 unspecified atom stereocenters. The van der Waals surface area contributed by atoms with Crippen molar-refractivity contribution in [1.29, 1.82) is 0 Å². The van der Waals surface area contributed by atoms with Gasteiger partial charge < -0.3 is 20.7 Å². The van der Waals surface area contributed by atoms with Crippen molar-refractivity contribution in [2.24, 2.45) is 11.7 Å².